The van der Waals surface area contributed by atoms with Crippen LogP contribution in [0.4, 0.5) is 4.39 Å². The van der Waals surface area contributed by atoms with Crippen molar-refractivity contribution in [1.82, 2.24) is 10.0 Å². The number of ether oxygens (including phenoxy) is 1. The van der Waals surface area contributed by atoms with Crippen molar-refractivity contribution in [3.63, 3.8) is 0 Å². The summed E-state index contributed by atoms with van der Waals surface area (Å²) >= 11 is 0. The third kappa shape index (κ3) is 5.17. The molecule has 0 saturated heterocycles. The highest BCUT2D eigenvalue weighted by molar-refractivity contribution is 7.89. The molecular formula is C22H27FN2O4S. The fraction of sp³-hybridized carbons (Fsp3) is 0.409. The first kappa shape index (κ1) is 22.2. The first-order chi connectivity index (χ1) is 14.3. The van der Waals surface area contributed by atoms with E-state index < -0.39 is 21.7 Å². The SMILES string of the molecule is COc1ccc(C(=O)NCc2ccccc2F)cc1S(=O)(=O)N[C@H]1CCCC[C@H]1C. The first-order valence-corrected chi connectivity index (χ1v) is 11.5. The molecule has 0 radical (unpaired) electrons. The number of carbonyl (C=O) groups is 1. The molecule has 2 aromatic carbocycles. The van der Waals surface area contributed by atoms with Crippen molar-refractivity contribution in [2.75, 3.05) is 7.11 Å². The molecule has 2 atom stereocenters. The lowest BCUT2D eigenvalue weighted by Crippen LogP contribution is -2.41. The molecule has 0 bridgehead atoms. The van der Waals surface area contributed by atoms with E-state index in [1.54, 1.807) is 18.2 Å². The largest absolute Gasteiger partial charge is 0.495 e. The van der Waals surface area contributed by atoms with Crippen molar-refractivity contribution in [2.24, 2.45) is 5.92 Å². The Kier molecular flexibility index (Phi) is 7.10. The summed E-state index contributed by atoms with van der Waals surface area (Å²) in [5, 5.41) is 2.63. The summed E-state index contributed by atoms with van der Waals surface area (Å²) in [6.07, 6.45) is 3.84. The van der Waals surface area contributed by atoms with E-state index in [9.17, 15) is 17.6 Å². The zero-order valence-corrected chi connectivity index (χ0v) is 18.0. The summed E-state index contributed by atoms with van der Waals surface area (Å²) in [6, 6.07) is 10.2. The number of nitrogens with one attached hydrogen (secondary N) is 2. The van der Waals surface area contributed by atoms with Crippen LogP contribution < -0.4 is 14.8 Å². The van der Waals surface area contributed by atoms with Crippen molar-refractivity contribution < 1.29 is 22.3 Å². The van der Waals surface area contributed by atoms with Gasteiger partial charge in [-0.05, 0) is 43.0 Å². The number of halogens is 1. The number of carbonyl (C=O) groups excluding carboxylic acids is 1. The van der Waals surface area contributed by atoms with E-state index in [-0.39, 0.29) is 34.7 Å². The number of methoxy groups -OCH3 is 1. The minimum Gasteiger partial charge on any atom is -0.495 e. The summed E-state index contributed by atoms with van der Waals surface area (Å²) in [5.41, 5.74) is 0.504. The highest BCUT2D eigenvalue weighted by Gasteiger charge is 2.29. The van der Waals surface area contributed by atoms with Gasteiger partial charge in [0.2, 0.25) is 10.0 Å². The lowest BCUT2D eigenvalue weighted by atomic mass is 9.87. The van der Waals surface area contributed by atoms with Crippen LogP contribution in [0.1, 0.15) is 48.5 Å². The fourth-order valence-electron chi connectivity index (χ4n) is 3.70. The predicted molar refractivity (Wildman–Crippen MR) is 112 cm³/mol. The molecule has 2 N–H and O–H groups in total. The van der Waals surface area contributed by atoms with E-state index in [4.69, 9.17) is 4.74 Å². The first-order valence-electron chi connectivity index (χ1n) is 10.0. The van der Waals surface area contributed by atoms with Crippen LogP contribution in [-0.4, -0.2) is 27.5 Å². The molecule has 0 heterocycles. The Morgan fingerprint density at radius 3 is 2.60 bits per heavy atom. The lowest BCUT2D eigenvalue weighted by molar-refractivity contribution is 0.0950. The van der Waals surface area contributed by atoms with Gasteiger partial charge in [-0.1, -0.05) is 38.0 Å². The summed E-state index contributed by atoms with van der Waals surface area (Å²) in [5.74, 6) is -0.506. The third-order valence-electron chi connectivity index (χ3n) is 5.53. The average molecular weight is 435 g/mol. The number of sulfonamides is 1. The van der Waals surface area contributed by atoms with Crippen LogP contribution in [0.5, 0.6) is 5.75 Å². The Balaban J connectivity index is 1.80. The van der Waals surface area contributed by atoms with Gasteiger partial charge in [0.25, 0.3) is 5.91 Å². The van der Waals surface area contributed by atoms with E-state index in [0.29, 0.717) is 5.56 Å². The van der Waals surface area contributed by atoms with E-state index >= 15 is 0 Å². The Labute approximate surface area is 176 Å². The van der Waals surface area contributed by atoms with Gasteiger partial charge in [-0.15, -0.1) is 0 Å². The molecule has 1 aliphatic rings. The molecule has 1 amide bonds. The highest BCUT2D eigenvalue weighted by atomic mass is 32.2. The molecule has 0 unspecified atom stereocenters. The van der Waals surface area contributed by atoms with Crippen molar-refractivity contribution >= 4 is 15.9 Å². The Morgan fingerprint density at radius 2 is 1.90 bits per heavy atom. The summed E-state index contributed by atoms with van der Waals surface area (Å²) < 4.78 is 47.9. The zero-order valence-electron chi connectivity index (χ0n) is 17.2. The van der Waals surface area contributed by atoms with Gasteiger partial charge in [0.05, 0.1) is 7.11 Å². The molecule has 0 aromatic heterocycles. The number of benzene rings is 2. The van der Waals surface area contributed by atoms with Crippen molar-refractivity contribution in [2.45, 2.75) is 50.1 Å². The maximum absolute atomic E-state index is 13.8. The maximum atomic E-state index is 13.8. The number of hydrogen-bond acceptors (Lipinski definition) is 4. The van der Waals surface area contributed by atoms with E-state index in [2.05, 4.69) is 10.0 Å². The smallest absolute Gasteiger partial charge is 0.251 e. The molecule has 1 saturated carbocycles. The average Bonchev–Trinajstić information content (AvgIpc) is 2.74. The van der Waals surface area contributed by atoms with Gasteiger partial charge in [0.1, 0.15) is 16.5 Å². The van der Waals surface area contributed by atoms with Gasteiger partial charge in [0.15, 0.2) is 0 Å². The molecule has 2 aromatic rings. The van der Waals surface area contributed by atoms with Gasteiger partial charge in [-0.2, -0.15) is 0 Å². The van der Waals surface area contributed by atoms with Crippen LogP contribution in [0.15, 0.2) is 47.4 Å². The van der Waals surface area contributed by atoms with E-state index in [0.717, 1.165) is 25.7 Å². The fourth-order valence-corrected chi connectivity index (χ4v) is 5.28. The van der Waals surface area contributed by atoms with E-state index in [1.807, 2.05) is 6.92 Å². The molecule has 1 aliphatic carbocycles. The van der Waals surface area contributed by atoms with Crippen molar-refractivity contribution in [3.05, 3.63) is 59.4 Å². The Bertz CT molecular complexity index is 1010. The van der Waals surface area contributed by atoms with Crippen molar-refractivity contribution in [1.29, 1.82) is 0 Å². The minimum absolute atomic E-state index is 0.00252. The second-order valence-corrected chi connectivity index (χ2v) is 9.31. The lowest BCUT2D eigenvalue weighted by Gasteiger charge is -2.29. The molecule has 6 nitrogen and oxygen atoms in total. The molecule has 1 fully saturated rings. The zero-order chi connectivity index (χ0) is 21.7. The van der Waals surface area contributed by atoms with Gasteiger partial charge in [-0.25, -0.2) is 17.5 Å². The molecule has 3 rings (SSSR count). The van der Waals surface area contributed by atoms with Crippen LogP contribution in [0.25, 0.3) is 0 Å². The normalized spacial score (nSPS) is 19.3. The third-order valence-corrected chi connectivity index (χ3v) is 7.04. The second kappa shape index (κ2) is 9.57. The van der Waals surface area contributed by atoms with Gasteiger partial charge < -0.3 is 10.1 Å². The van der Waals surface area contributed by atoms with Crippen LogP contribution in [0, 0.1) is 11.7 Å². The second-order valence-electron chi connectivity index (χ2n) is 7.63. The summed E-state index contributed by atoms with van der Waals surface area (Å²) in [7, 11) is -2.50. The molecular weight excluding hydrogens is 407 g/mol. The molecule has 0 aliphatic heterocycles. The van der Waals surface area contributed by atoms with Crippen LogP contribution in [0.3, 0.4) is 0 Å². The van der Waals surface area contributed by atoms with Crippen LogP contribution in [-0.2, 0) is 16.6 Å². The molecule has 30 heavy (non-hydrogen) atoms. The standard InChI is InChI=1S/C22H27FN2O4S/c1-15-7-3-6-10-19(15)25-30(27,28)21-13-16(11-12-20(21)29-2)22(26)24-14-17-8-4-5-9-18(17)23/h4-5,8-9,11-13,15,19,25H,3,6-7,10,14H2,1-2H3,(H,24,26)/t15-,19+/m1/s1. The Morgan fingerprint density at radius 1 is 1.17 bits per heavy atom. The van der Waals surface area contributed by atoms with Gasteiger partial charge >= 0.3 is 0 Å². The maximum Gasteiger partial charge on any atom is 0.251 e. The minimum atomic E-state index is -3.88. The van der Waals surface area contributed by atoms with Crippen molar-refractivity contribution in [3.8, 4) is 5.75 Å². The number of hydrogen-bond donors (Lipinski definition) is 2. The quantitative estimate of drug-likeness (QED) is 0.697. The summed E-state index contributed by atoms with van der Waals surface area (Å²) in [4.78, 5) is 12.5. The number of amides is 1. The van der Waals surface area contributed by atoms with Gasteiger partial charge in [-0.3, -0.25) is 4.79 Å². The predicted octanol–water partition coefficient (Wildman–Crippen LogP) is 3.62. The Hall–Kier alpha value is -2.45. The molecule has 162 valence electrons. The van der Waals surface area contributed by atoms with Crippen LogP contribution >= 0.6 is 0 Å². The summed E-state index contributed by atoms with van der Waals surface area (Å²) in [6.45, 7) is 2.04. The van der Waals surface area contributed by atoms with Crippen LogP contribution in [0.2, 0.25) is 0 Å². The molecule has 8 heteroatoms. The van der Waals surface area contributed by atoms with E-state index in [1.165, 1.54) is 31.4 Å². The van der Waals surface area contributed by atoms with Gasteiger partial charge in [0, 0.05) is 23.7 Å². The monoisotopic (exact) mass is 434 g/mol. The highest BCUT2D eigenvalue weighted by Crippen LogP contribution is 2.29. The number of rotatable bonds is 7. The molecule has 0 spiro atoms. The topological polar surface area (TPSA) is 84.5 Å².